The van der Waals surface area contributed by atoms with Crippen LogP contribution in [0.3, 0.4) is 0 Å². The molecule has 0 saturated carbocycles. The number of rotatable bonds is 5. The zero-order valence-corrected chi connectivity index (χ0v) is 16.4. The molecule has 144 valence electrons. The highest BCUT2D eigenvalue weighted by Crippen LogP contribution is 2.12. The third kappa shape index (κ3) is 6.47. The van der Waals surface area contributed by atoms with Gasteiger partial charge in [0.05, 0.1) is 0 Å². The second-order valence-electron chi connectivity index (χ2n) is 7.40. The largest absolute Gasteiger partial charge is 0.355 e. The van der Waals surface area contributed by atoms with E-state index >= 15 is 0 Å². The van der Waals surface area contributed by atoms with Crippen LogP contribution in [0, 0.1) is 0 Å². The van der Waals surface area contributed by atoms with Crippen LogP contribution in [0.4, 0.5) is 0 Å². The van der Waals surface area contributed by atoms with E-state index in [2.05, 4.69) is 39.3 Å². The molecule has 0 bridgehead atoms. The number of nitrogens with zero attached hydrogens (tertiary/aromatic N) is 4. The molecule has 2 aliphatic rings. The van der Waals surface area contributed by atoms with Crippen molar-refractivity contribution >= 4 is 11.9 Å². The number of amides is 1. The minimum atomic E-state index is 0.186. The first kappa shape index (κ1) is 20.0. The summed E-state index contributed by atoms with van der Waals surface area (Å²) in [7, 11) is 1.84. The number of hydrogen-bond acceptors (Lipinski definition) is 4. The zero-order chi connectivity index (χ0) is 18.2. The van der Waals surface area contributed by atoms with Crippen LogP contribution in [0.1, 0.15) is 33.6 Å². The number of hydrogen-bond donors (Lipinski definition) is 2. The molecule has 0 aromatic rings. The summed E-state index contributed by atoms with van der Waals surface area (Å²) in [6.45, 7) is 14.0. The highest BCUT2D eigenvalue weighted by Gasteiger charge is 2.21. The quantitative estimate of drug-likeness (QED) is 0.546. The van der Waals surface area contributed by atoms with Gasteiger partial charge in [-0.15, -0.1) is 0 Å². The van der Waals surface area contributed by atoms with E-state index in [1.54, 1.807) is 6.92 Å². The second kappa shape index (κ2) is 9.97. The van der Waals surface area contributed by atoms with Gasteiger partial charge in [-0.1, -0.05) is 0 Å². The lowest BCUT2D eigenvalue weighted by Crippen LogP contribution is -2.52. The maximum absolute atomic E-state index is 11.4. The van der Waals surface area contributed by atoms with Crippen LogP contribution in [-0.4, -0.2) is 98.1 Å². The maximum Gasteiger partial charge on any atom is 0.219 e. The minimum absolute atomic E-state index is 0.186. The van der Waals surface area contributed by atoms with E-state index in [0.29, 0.717) is 12.1 Å². The average Bonchev–Trinajstić information content (AvgIpc) is 2.61. The first-order chi connectivity index (χ1) is 12.0. The van der Waals surface area contributed by atoms with Crippen LogP contribution < -0.4 is 10.6 Å². The second-order valence-corrected chi connectivity index (χ2v) is 7.40. The third-order valence-electron chi connectivity index (χ3n) is 5.36. The van der Waals surface area contributed by atoms with Crippen molar-refractivity contribution in [2.45, 2.75) is 45.7 Å². The fraction of sp³-hybridized carbons (Fsp3) is 0.889. The van der Waals surface area contributed by atoms with Gasteiger partial charge in [-0.3, -0.25) is 14.7 Å². The summed E-state index contributed by atoms with van der Waals surface area (Å²) in [4.78, 5) is 22.6. The van der Waals surface area contributed by atoms with Crippen LogP contribution in [-0.2, 0) is 4.79 Å². The van der Waals surface area contributed by atoms with E-state index < -0.39 is 0 Å². The Hall–Kier alpha value is -1.34. The summed E-state index contributed by atoms with van der Waals surface area (Å²) >= 11 is 0. The molecule has 2 saturated heterocycles. The first-order valence-electron chi connectivity index (χ1n) is 9.68. The Labute approximate surface area is 152 Å². The maximum atomic E-state index is 11.4. The summed E-state index contributed by atoms with van der Waals surface area (Å²) in [6.07, 6.45) is 2.35. The molecular formula is C18H36N6O. The number of piperazine rings is 1. The normalized spacial score (nSPS) is 21.6. The Bertz CT molecular complexity index is 437. The smallest absolute Gasteiger partial charge is 0.219 e. The molecule has 0 spiro atoms. The lowest BCUT2D eigenvalue weighted by atomic mass is 10.0. The van der Waals surface area contributed by atoms with Gasteiger partial charge in [0.15, 0.2) is 5.96 Å². The molecule has 0 aromatic carbocycles. The highest BCUT2D eigenvalue weighted by molar-refractivity contribution is 5.79. The number of guanidine groups is 1. The van der Waals surface area contributed by atoms with Crippen LogP contribution in [0.25, 0.3) is 0 Å². The first-order valence-corrected chi connectivity index (χ1v) is 9.68. The Morgan fingerprint density at radius 3 is 2.28 bits per heavy atom. The summed E-state index contributed by atoms with van der Waals surface area (Å²) in [6, 6.07) is 1.15. The summed E-state index contributed by atoms with van der Waals surface area (Å²) in [5.74, 6) is 1.09. The van der Waals surface area contributed by atoms with Crippen molar-refractivity contribution in [3.63, 3.8) is 0 Å². The molecule has 0 atom stereocenters. The van der Waals surface area contributed by atoms with Crippen molar-refractivity contribution < 1.29 is 4.79 Å². The summed E-state index contributed by atoms with van der Waals surface area (Å²) in [5, 5.41) is 7.00. The standard InChI is InChI=1S/C18H36N6O/c1-15(2)23-8-5-17(6-9-23)21-18(19-4)20-7-10-22-11-13-24(14-12-22)16(3)25/h15,17H,5-14H2,1-4H3,(H2,19,20,21). The molecule has 1 amide bonds. The summed E-state index contributed by atoms with van der Waals surface area (Å²) in [5.41, 5.74) is 0. The van der Waals surface area contributed by atoms with Gasteiger partial charge in [-0.05, 0) is 26.7 Å². The number of aliphatic imine (C=N–C) groups is 1. The Kier molecular flexibility index (Phi) is 7.96. The van der Waals surface area contributed by atoms with Crippen LogP contribution in [0.5, 0.6) is 0 Å². The average molecular weight is 353 g/mol. The van der Waals surface area contributed by atoms with Crippen LogP contribution >= 0.6 is 0 Å². The van der Waals surface area contributed by atoms with Gasteiger partial charge in [0.1, 0.15) is 0 Å². The van der Waals surface area contributed by atoms with E-state index in [1.807, 2.05) is 11.9 Å². The molecule has 0 radical (unpaired) electrons. The lowest BCUT2D eigenvalue weighted by molar-refractivity contribution is -0.130. The Morgan fingerprint density at radius 1 is 1.12 bits per heavy atom. The fourth-order valence-corrected chi connectivity index (χ4v) is 3.57. The van der Waals surface area contributed by atoms with Gasteiger partial charge in [0.2, 0.25) is 5.91 Å². The van der Waals surface area contributed by atoms with E-state index in [-0.39, 0.29) is 5.91 Å². The lowest BCUT2D eigenvalue weighted by Gasteiger charge is -2.36. The summed E-state index contributed by atoms with van der Waals surface area (Å²) < 4.78 is 0. The molecule has 0 unspecified atom stereocenters. The molecule has 2 fully saturated rings. The minimum Gasteiger partial charge on any atom is -0.355 e. The molecule has 7 heteroatoms. The molecule has 7 nitrogen and oxygen atoms in total. The Balaban J connectivity index is 1.62. The van der Waals surface area contributed by atoms with Gasteiger partial charge in [0, 0.05) is 78.4 Å². The van der Waals surface area contributed by atoms with Gasteiger partial charge in [-0.2, -0.15) is 0 Å². The predicted octanol–water partition coefficient (Wildman–Crippen LogP) is 0.188. The molecule has 25 heavy (non-hydrogen) atoms. The SMILES string of the molecule is CN=C(NCCN1CCN(C(C)=O)CC1)NC1CCN(C(C)C)CC1. The van der Waals surface area contributed by atoms with Gasteiger partial charge in [-0.25, -0.2) is 0 Å². The van der Waals surface area contributed by atoms with Crippen molar-refractivity contribution in [1.29, 1.82) is 0 Å². The number of likely N-dealkylation sites (tertiary alicyclic amines) is 1. The van der Waals surface area contributed by atoms with Crippen molar-refractivity contribution in [2.75, 3.05) is 59.4 Å². The highest BCUT2D eigenvalue weighted by atomic mass is 16.2. The van der Waals surface area contributed by atoms with Crippen molar-refractivity contribution in [3.8, 4) is 0 Å². The van der Waals surface area contributed by atoms with E-state index in [4.69, 9.17) is 0 Å². The van der Waals surface area contributed by atoms with Gasteiger partial charge in [0.25, 0.3) is 0 Å². The van der Waals surface area contributed by atoms with Crippen molar-refractivity contribution in [3.05, 3.63) is 0 Å². The fourth-order valence-electron chi connectivity index (χ4n) is 3.57. The molecule has 0 aliphatic carbocycles. The van der Waals surface area contributed by atoms with Crippen molar-refractivity contribution in [1.82, 2.24) is 25.3 Å². The molecule has 0 aromatic heterocycles. The number of carbonyl (C=O) groups is 1. The van der Waals surface area contributed by atoms with E-state index in [9.17, 15) is 4.79 Å². The van der Waals surface area contributed by atoms with Crippen molar-refractivity contribution in [2.24, 2.45) is 4.99 Å². The number of carbonyl (C=O) groups excluding carboxylic acids is 1. The molecule has 2 aliphatic heterocycles. The zero-order valence-electron chi connectivity index (χ0n) is 16.4. The van der Waals surface area contributed by atoms with Crippen LogP contribution in [0.2, 0.25) is 0 Å². The topological polar surface area (TPSA) is 63.2 Å². The number of nitrogens with one attached hydrogen (secondary N) is 2. The monoisotopic (exact) mass is 352 g/mol. The van der Waals surface area contributed by atoms with Crippen LogP contribution in [0.15, 0.2) is 4.99 Å². The molecule has 2 rings (SSSR count). The van der Waals surface area contributed by atoms with E-state index in [0.717, 1.165) is 58.3 Å². The molecule has 2 heterocycles. The molecular weight excluding hydrogens is 316 g/mol. The number of piperidine rings is 1. The van der Waals surface area contributed by atoms with Gasteiger partial charge >= 0.3 is 0 Å². The van der Waals surface area contributed by atoms with E-state index in [1.165, 1.54) is 12.8 Å². The van der Waals surface area contributed by atoms with Gasteiger partial charge < -0.3 is 20.4 Å². The Morgan fingerprint density at radius 2 is 1.76 bits per heavy atom. The third-order valence-corrected chi connectivity index (χ3v) is 5.36. The predicted molar refractivity (Wildman–Crippen MR) is 103 cm³/mol. The molecule has 2 N–H and O–H groups in total.